The summed E-state index contributed by atoms with van der Waals surface area (Å²) in [6, 6.07) is 22.7. The molecule has 4 rings (SSSR count). The minimum Gasteiger partial charge on any atom is -0.346 e. The number of amides is 2. The Kier molecular flexibility index (Phi) is 6.52. The molecule has 1 aromatic heterocycles. The number of hydroxylamine groups is 1. The molecule has 0 aliphatic carbocycles. The van der Waals surface area contributed by atoms with Crippen LogP contribution in [0, 0.1) is 0 Å². The summed E-state index contributed by atoms with van der Waals surface area (Å²) in [5.74, 6) is -0.733. The van der Waals surface area contributed by atoms with Crippen LogP contribution in [0.1, 0.15) is 34.1 Å². The Morgan fingerprint density at radius 2 is 1.72 bits per heavy atom. The number of rotatable bonds is 8. The molecule has 8 heteroatoms. The van der Waals surface area contributed by atoms with E-state index in [0.717, 1.165) is 16.3 Å². The third kappa shape index (κ3) is 4.98. The summed E-state index contributed by atoms with van der Waals surface area (Å²) in [7, 11) is 0. The molecule has 0 radical (unpaired) electrons. The Morgan fingerprint density at radius 3 is 2.50 bits per heavy atom. The smallest absolute Gasteiger partial charge is 0.251 e. The molecule has 1 heterocycles. The standard InChI is InChI=1S/C24H23N5O3/c30-23(27-32)14-21(13-17-10-11-18-6-4-5-9-20(18)12-17)29-22(16-26-28-29)15-25-24(31)19-7-2-1-3-8-19/h1-12,16,21,32H,13-15H2,(H,25,31)(H,27,30)/t21-/m1/s1. The van der Waals surface area contributed by atoms with E-state index in [9.17, 15) is 9.59 Å². The fraction of sp³-hybridized carbons (Fsp3) is 0.167. The molecule has 3 N–H and O–H groups in total. The van der Waals surface area contributed by atoms with Crippen molar-refractivity contribution in [3.8, 4) is 0 Å². The van der Waals surface area contributed by atoms with Crippen LogP contribution in [0.15, 0.2) is 79.0 Å². The average Bonchev–Trinajstić information content (AvgIpc) is 3.31. The molecule has 3 aromatic carbocycles. The third-order valence-corrected chi connectivity index (χ3v) is 5.29. The Balaban J connectivity index is 1.54. The highest BCUT2D eigenvalue weighted by molar-refractivity contribution is 5.94. The molecular formula is C24H23N5O3. The SMILES string of the molecule is O=C(C[C@@H](Cc1ccc2ccccc2c1)n1nncc1CNC(=O)c1ccccc1)NO. The lowest BCUT2D eigenvalue weighted by molar-refractivity contribution is -0.130. The van der Waals surface area contributed by atoms with Crippen LogP contribution in [-0.4, -0.2) is 32.0 Å². The van der Waals surface area contributed by atoms with Gasteiger partial charge >= 0.3 is 0 Å². The van der Waals surface area contributed by atoms with E-state index in [1.54, 1.807) is 40.6 Å². The van der Waals surface area contributed by atoms with Gasteiger partial charge in [-0.2, -0.15) is 0 Å². The molecule has 0 fully saturated rings. The minimum atomic E-state index is -0.523. The van der Waals surface area contributed by atoms with Gasteiger partial charge in [0, 0.05) is 5.56 Å². The maximum atomic E-state index is 12.4. The number of nitrogens with zero attached hydrogens (tertiary/aromatic N) is 3. The van der Waals surface area contributed by atoms with Gasteiger partial charge in [-0.1, -0.05) is 65.9 Å². The van der Waals surface area contributed by atoms with E-state index in [1.165, 1.54) is 0 Å². The molecule has 0 spiro atoms. The van der Waals surface area contributed by atoms with E-state index < -0.39 is 11.9 Å². The number of nitrogens with one attached hydrogen (secondary N) is 2. The van der Waals surface area contributed by atoms with Crippen LogP contribution < -0.4 is 10.8 Å². The average molecular weight is 429 g/mol. The Bertz CT molecular complexity index is 1220. The van der Waals surface area contributed by atoms with Gasteiger partial charge in [-0.15, -0.1) is 5.10 Å². The van der Waals surface area contributed by atoms with Gasteiger partial charge in [-0.05, 0) is 34.9 Å². The zero-order chi connectivity index (χ0) is 22.3. The van der Waals surface area contributed by atoms with Gasteiger partial charge in [0.1, 0.15) is 0 Å². The number of hydrogen-bond donors (Lipinski definition) is 3. The number of hydrogen-bond acceptors (Lipinski definition) is 5. The topological polar surface area (TPSA) is 109 Å². The summed E-state index contributed by atoms with van der Waals surface area (Å²) in [5, 5.41) is 22.3. The summed E-state index contributed by atoms with van der Waals surface area (Å²) in [6.45, 7) is 0.204. The van der Waals surface area contributed by atoms with Crippen molar-refractivity contribution in [3.63, 3.8) is 0 Å². The molecule has 0 saturated carbocycles. The number of benzene rings is 3. The number of aromatic nitrogens is 3. The molecule has 4 aromatic rings. The van der Waals surface area contributed by atoms with Crippen molar-refractivity contribution in [2.75, 3.05) is 0 Å². The van der Waals surface area contributed by atoms with Gasteiger partial charge in [-0.25, -0.2) is 10.2 Å². The lowest BCUT2D eigenvalue weighted by Gasteiger charge is -2.19. The molecule has 1 atom stereocenters. The Morgan fingerprint density at radius 1 is 0.969 bits per heavy atom. The maximum Gasteiger partial charge on any atom is 0.251 e. The summed E-state index contributed by atoms with van der Waals surface area (Å²) in [5.41, 5.74) is 3.93. The lowest BCUT2D eigenvalue weighted by atomic mass is 9.99. The molecule has 162 valence electrons. The van der Waals surface area contributed by atoms with Crippen LogP contribution in [0.2, 0.25) is 0 Å². The van der Waals surface area contributed by atoms with Crippen LogP contribution in [-0.2, 0) is 17.8 Å². The first-order valence-corrected chi connectivity index (χ1v) is 10.3. The minimum absolute atomic E-state index is 0.00627. The zero-order valence-electron chi connectivity index (χ0n) is 17.3. The van der Waals surface area contributed by atoms with E-state index in [2.05, 4.69) is 21.7 Å². The molecule has 32 heavy (non-hydrogen) atoms. The second-order valence-electron chi connectivity index (χ2n) is 7.50. The molecule has 0 saturated heterocycles. The largest absolute Gasteiger partial charge is 0.346 e. The molecule has 2 amide bonds. The van der Waals surface area contributed by atoms with E-state index in [1.807, 2.05) is 42.5 Å². The summed E-state index contributed by atoms with van der Waals surface area (Å²) in [6.07, 6.45) is 2.07. The van der Waals surface area contributed by atoms with Gasteiger partial charge in [-0.3, -0.25) is 14.8 Å². The highest BCUT2D eigenvalue weighted by Crippen LogP contribution is 2.23. The van der Waals surface area contributed by atoms with Crippen molar-refractivity contribution in [1.82, 2.24) is 25.8 Å². The fourth-order valence-corrected chi connectivity index (χ4v) is 3.70. The van der Waals surface area contributed by atoms with E-state index in [-0.39, 0.29) is 18.9 Å². The van der Waals surface area contributed by atoms with Crippen molar-refractivity contribution in [2.24, 2.45) is 0 Å². The highest BCUT2D eigenvalue weighted by atomic mass is 16.5. The molecular weight excluding hydrogens is 406 g/mol. The second-order valence-corrected chi connectivity index (χ2v) is 7.50. The zero-order valence-corrected chi connectivity index (χ0v) is 17.3. The fourth-order valence-electron chi connectivity index (χ4n) is 3.70. The molecule has 8 nitrogen and oxygen atoms in total. The number of carbonyl (C=O) groups excluding carboxylic acids is 2. The van der Waals surface area contributed by atoms with E-state index in [0.29, 0.717) is 17.7 Å². The molecule has 0 bridgehead atoms. The van der Waals surface area contributed by atoms with Crippen LogP contribution >= 0.6 is 0 Å². The van der Waals surface area contributed by atoms with Crippen molar-refractivity contribution < 1.29 is 14.8 Å². The van der Waals surface area contributed by atoms with Gasteiger partial charge in [0.25, 0.3) is 5.91 Å². The predicted molar refractivity (Wildman–Crippen MR) is 119 cm³/mol. The van der Waals surface area contributed by atoms with Crippen molar-refractivity contribution in [3.05, 3.63) is 95.8 Å². The summed E-state index contributed by atoms with van der Waals surface area (Å²) in [4.78, 5) is 24.4. The van der Waals surface area contributed by atoms with Gasteiger partial charge < -0.3 is 5.32 Å². The van der Waals surface area contributed by atoms with Crippen molar-refractivity contribution >= 4 is 22.6 Å². The predicted octanol–water partition coefficient (Wildman–Crippen LogP) is 3.04. The first-order valence-electron chi connectivity index (χ1n) is 10.3. The quantitative estimate of drug-likeness (QED) is 0.295. The van der Waals surface area contributed by atoms with E-state index >= 15 is 0 Å². The normalized spacial score (nSPS) is 11.8. The lowest BCUT2D eigenvalue weighted by Crippen LogP contribution is -2.29. The Hall–Kier alpha value is -4.04. The van der Waals surface area contributed by atoms with Crippen LogP contribution in [0.25, 0.3) is 10.8 Å². The van der Waals surface area contributed by atoms with Gasteiger partial charge in [0.2, 0.25) is 5.91 Å². The van der Waals surface area contributed by atoms with Gasteiger partial charge in [0.15, 0.2) is 0 Å². The first kappa shape index (κ1) is 21.2. The Labute approximate surface area is 184 Å². The summed E-state index contributed by atoms with van der Waals surface area (Å²) < 4.78 is 1.63. The third-order valence-electron chi connectivity index (χ3n) is 5.29. The highest BCUT2D eigenvalue weighted by Gasteiger charge is 2.21. The molecule has 0 aliphatic rings. The maximum absolute atomic E-state index is 12.4. The van der Waals surface area contributed by atoms with Crippen molar-refractivity contribution in [1.29, 1.82) is 0 Å². The van der Waals surface area contributed by atoms with Gasteiger partial charge in [0.05, 0.1) is 30.9 Å². The van der Waals surface area contributed by atoms with Crippen LogP contribution in [0.4, 0.5) is 0 Å². The van der Waals surface area contributed by atoms with Crippen LogP contribution in [0.5, 0.6) is 0 Å². The first-order chi connectivity index (χ1) is 15.6. The number of carbonyl (C=O) groups is 2. The van der Waals surface area contributed by atoms with Crippen molar-refractivity contribution in [2.45, 2.75) is 25.4 Å². The molecule has 0 aliphatic heterocycles. The van der Waals surface area contributed by atoms with Crippen LogP contribution in [0.3, 0.4) is 0 Å². The number of fused-ring (bicyclic) bond motifs is 1. The summed E-state index contributed by atoms with van der Waals surface area (Å²) >= 11 is 0. The monoisotopic (exact) mass is 429 g/mol. The van der Waals surface area contributed by atoms with E-state index in [4.69, 9.17) is 5.21 Å². The second kappa shape index (κ2) is 9.84. The molecule has 0 unspecified atom stereocenters.